The number of nitrogens with one attached hydrogen (secondary N) is 1. The van der Waals surface area contributed by atoms with Crippen molar-refractivity contribution in [3.05, 3.63) is 34.9 Å². The lowest BCUT2D eigenvalue weighted by atomic mass is 9.73. The van der Waals surface area contributed by atoms with E-state index in [4.69, 9.17) is 11.6 Å². The second-order valence-electron chi connectivity index (χ2n) is 6.03. The Morgan fingerprint density at radius 2 is 2.10 bits per heavy atom. The zero-order valence-electron chi connectivity index (χ0n) is 12.1. The van der Waals surface area contributed by atoms with E-state index in [0.717, 1.165) is 31.2 Å². The molecule has 1 aliphatic heterocycles. The number of halogens is 1. The molecule has 1 saturated heterocycles. The Morgan fingerprint density at radius 1 is 1.33 bits per heavy atom. The van der Waals surface area contributed by atoms with Gasteiger partial charge in [-0.1, -0.05) is 49.6 Å². The molecule has 1 aliphatic carbocycles. The van der Waals surface area contributed by atoms with Crippen molar-refractivity contribution in [1.82, 2.24) is 10.2 Å². The molecule has 0 aromatic heterocycles. The normalized spacial score (nSPS) is 29.0. The fraction of sp³-hybridized carbons (Fsp3) is 0.500. The van der Waals surface area contributed by atoms with E-state index in [-0.39, 0.29) is 24.4 Å². The van der Waals surface area contributed by atoms with Crippen LogP contribution in [0.15, 0.2) is 24.3 Å². The highest BCUT2D eigenvalue weighted by atomic mass is 35.5. The second kappa shape index (κ2) is 5.34. The number of carbonyl (C=O) groups excluding carboxylic acids is 2. The van der Waals surface area contributed by atoms with Gasteiger partial charge in [0.2, 0.25) is 0 Å². The van der Waals surface area contributed by atoms with E-state index in [1.807, 2.05) is 18.2 Å². The monoisotopic (exact) mass is 306 g/mol. The number of nitrogens with zero attached hydrogens (tertiary/aromatic N) is 1. The Hall–Kier alpha value is -1.55. The highest BCUT2D eigenvalue weighted by molar-refractivity contribution is 6.31. The van der Waals surface area contributed by atoms with Gasteiger partial charge in [0.15, 0.2) is 0 Å². The summed E-state index contributed by atoms with van der Waals surface area (Å²) < 4.78 is 0. The van der Waals surface area contributed by atoms with Crippen LogP contribution in [0.1, 0.15) is 38.2 Å². The molecular weight excluding hydrogens is 288 g/mol. The molecule has 5 heteroatoms. The predicted molar refractivity (Wildman–Crippen MR) is 80.9 cm³/mol. The van der Waals surface area contributed by atoms with Gasteiger partial charge in [0.1, 0.15) is 5.54 Å². The van der Waals surface area contributed by atoms with Crippen molar-refractivity contribution in [1.29, 1.82) is 0 Å². The number of amides is 3. The maximum Gasteiger partial charge on any atom is 0.325 e. The van der Waals surface area contributed by atoms with Crippen LogP contribution in [0.3, 0.4) is 0 Å². The molecule has 21 heavy (non-hydrogen) atoms. The van der Waals surface area contributed by atoms with Gasteiger partial charge in [-0.3, -0.25) is 9.69 Å². The minimum Gasteiger partial charge on any atom is -0.323 e. The van der Waals surface area contributed by atoms with Gasteiger partial charge in [0.05, 0.1) is 6.54 Å². The predicted octanol–water partition coefficient (Wildman–Crippen LogP) is 3.34. The molecule has 2 fully saturated rings. The molecule has 4 nitrogen and oxygen atoms in total. The summed E-state index contributed by atoms with van der Waals surface area (Å²) in [6, 6.07) is 7.02. The third kappa shape index (κ3) is 2.31. The second-order valence-corrected chi connectivity index (χ2v) is 6.44. The summed E-state index contributed by atoms with van der Waals surface area (Å²) in [5.41, 5.74) is 0.0968. The van der Waals surface area contributed by atoms with Gasteiger partial charge in [-0.25, -0.2) is 4.79 Å². The van der Waals surface area contributed by atoms with Crippen molar-refractivity contribution in [3.63, 3.8) is 0 Å². The molecule has 1 unspecified atom stereocenters. The average molecular weight is 307 g/mol. The SMILES string of the molecule is CC1CCCC[C@]12NC(=O)N(Cc1ccccc1Cl)C2=O. The molecule has 1 N–H and O–H groups in total. The van der Waals surface area contributed by atoms with Gasteiger partial charge in [0, 0.05) is 5.02 Å². The number of hydrogen-bond acceptors (Lipinski definition) is 2. The highest BCUT2D eigenvalue weighted by Gasteiger charge is 2.54. The maximum absolute atomic E-state index is 12.8. The fourth-order valence-electron chi connectivity index (χ4n) is 3.44. The van der Waals surface area contributed by atoms with Crippen LogP contribution >= 0.6 is 11.6 Å². The molecule has 0 radical (unpaired) electrons. The van der Waals surface area contributed by atoms with Crippen LogP contribution in [0.25, 0.3) is 0 Å². The van der Waals surface area contributed by atoms with Gasteiger partial charge < -0.3 is 5.32 Å². The largest absolute Gasteiger partial charge is 0.325 e. The van der Waals surface area contributed by atoms with Gasteiger partial charge in [-0.2, -0.15) is 0 Å². The molecule has 1 aromatic carbocycles. The van der Waals surface area contributed by atoms with Gasteiger partial charge in [0.25, 0.3) is 5.91 Å². The van der Waals surface area contributed by atoms with E-state index in [9.17, 15) is 9.59 Å². The molecule has 1 spiro atoms. The lowest BCUT2D eigenvalue weighted by Gasteiger charge is -2.36. The average Bonchev–Trinajstić information content (AvgIpc) is 2.70. The van der Waals surface area contributed by atoms with Crippen molar-refractivity contribution in [2.24, 2.45) is 5.92 Å². The van der Waals surface area contributed by atoms with Crippen LogP contribution in [0.5, 0.6) is 0 Å². The minimum atomic E-state index is -0.698. The summed E-state index contributed by atoms with van der Waals surface area (Å²) in [6.07, 6.45) is 3.82. The third-order valence-corrected chi connectivity index (χ3v) is 5.16. The minimum absolute atomic E-state index is 0.0976. The summed E-state index contributed by atoms with van der Waals surface area (Å²) in [4.78, 5) is 26.4. The first kappa shape index (κ1) is 14.4. The Balaban J connectivity index is 1.86. The van der Waals surface area contributed by atoms with Crippen LogP contribution in [0, 0.1) is 5.92 Å². The standard InChI is InChI=1S/C16H19ClN2O2/c1-11-6-4-5-9-16(11)14(20)19(15(21)18-16)10-12-7-2-3-8-13(12)17/h2-3,7-8,11H,4-6,9-10H2,1H3,(H,18,21)/t11?,16-/m0/s1. The van der Waals surface area contributed by atoms with Crippen LogP contribution in [0.4, 0.5) is 4.79 Å². The molecule has 1 aromatic rings. The molecule has 1 heterocycles. The van der Waals surface area contributed by atoms with Gasteiger partial charge >= 0.3 is 6.03 Å². The van der Waals surface area contributed by atoms with Crippen molar-refractivity contribution >= 4 is 23.5 Å². The third-order valence-electron chi connectivity index (χ3n) is 4.79. The molecule has 2 atom stereocenters. The summed E-state index contributed by atoms with van der Waals surface area (Å²) in [6.45, 7) is 2.29. The number of hydrogen-bond donors (Lipinski definition) is 1. The lowest BCUT2D eigenvalue weighted by Crippen LogP contribution is -2.53. The van der Waals surface area contributed by atoms with Crippen molar-refractivity contribution in [2.45, 2.75) is 44.7 Å². The van der Waals surface area contributed by atoms with Gasteiger partial charge in [-0.15, -0.1) is 0 Å². The number of rotatable bonds is 2. The van der Waals surface area contributed by atoms with Crippen LogP contribution in [0.2, 0.25) is 5.02 Å². The van der Waals surface area contributed by atoms with E-state index >= 15 is 0 Å². The number of benzene rings is 1. The van der Waals surface area contributed by atoms with Gasteiger partial charge in [-0.05, 0) is 30.4 Å². The van der Waals surface area contributed by atoms with E-state index in [1.165, 1.54) is 4.90 Å². The van der Waals surface area contributed by atoms with Crippen LogP contribution < -0.4 is 5.32 Å². The van der Waals surface area contributed by atoms with E-state index in [2.05, 4.69) is 12.2 Å². The molecule has 0 bridgehead atoms. The number of carbonyl (C=O) groups is 2. The first-order chi connectivity index (χ1) is 10.0. The molecule has 112 valence electrons. The Kier molecular flexibility index (Phi) is 3.66. The van der Waals surface area contributed by atoms with E-state index < -0.39 is 5.54 Å². The molecular formula is C16H19ClN2O2. The maximum atomic E-state index is 12.8. The number of urea groups is 1. The Labute approximate surface area is 129 Å². The zero-order valence-corrected chi connectivity index (χ0v) is 12.8. The molecule has 2 aliphatic rings. The summed E-state index contributed by atoms with van der Waals surface area (Å²) >= 11 is 6.13. The molecule has 3 amide bonds. The highest BCUT2D eigenvalue weighted by Crippen LogP contribution is 2.38. The smallest absolute Gasteiger partial charge is 0.323 e. The summed E-state index contributed by atoms with van der Waals surface area (Å²) in [5.74, 6) is 0.0820. The quantitative estimate of drug-likeness (QED) is 0.852. The molecule has 1 saturated carbocycles. The molecule has 3 rings (SSSR count). The number of imide groups is 1. The summed E-state index contributed by atoms with van der Waals surface area (Å²) in [7, 11) is 0. The zero-order chi connectivity index (χ0) is 15.0. The summed E-state index contributed by atoms with van der Waals surface area (Å²) in [5, 5.41) is 3.53. The van der Waals surface area contributed by atoms with E-state index in [0.29, 0.717) is 5.02 Å². The Morgan fingerprint density at radius 3 is 2.81 bits per heavy atom. The van der Waals surface area contributed by atoms with Crippen LogP contribution in [-0.2, 0) is 11.3 Å². The topological polar surface area (TPSA) is 49.4 Å². The first-order valence-electron chi connectivity index (χ1n) is 7.42. The van der Waals surface area contributed by atoms with Crippen molar-refractivity contribution in [3.8, 4) is 0 Å². The van der Waals surface area contributed by atoms with E-state index in [1.54, 1.807) is 6.07 Å². The fourth-order valence-corrected chi connectivity index (χ4v) is 3.63. The lowest BCUT2D eigenvalue weighted by molar-refractivity contribution is -0.134. The van der Waals surface area contributed by atoms with Crippen LogP contribution in [-0.4, -0.2) is 22.4 Å². The van der Waals surface area contributed by atoms with Crippen molar-refractivity contribution in [2.75, 3.05) is 0 Å². The first-order valence-corrected chi connectivity index (χ1v) is 7.80. The Bertz CT molecular complexity index is 589. The van der Waals surface area contributed by atoms with Crippen molar-refractivity contribution < 1.29 is 9.59 Å².